The van der Waals surface area contributed by atoms with Crippen LogP contribution in [0.2, 0.25) is 0 Å². The van der Waals surface area contributed by atoms with Crippen LogP contribution in [-0.2, 0) is 9.59 Å². The standard InChI is InChI=1S/C5H8O2.Na.H/c1-5(7)3-2-4-6;;/h4H,2-3H2,1H3;;/q;+1;-1. The van der Waals surface area contributed by atoms with E-state index in [1.54, 1.807) is 0 Å². The van der Waals surface area contributed by atoms with Gasteiger partial charge in [0.05, 0.1) is 0 Å². The molecule has 0 spiro atoms. The van der Waals surface area contributed by atoms with E-state index in [0.29, 0.717) is 12.8 Å². The molecular formula is C5H9NaO2. The Morgan fingerprint density at radius 3 is 2.38 bits per heavy atom. The molecule has 0 aromatic heterocycles. The molecule has 0 atom stereocenters. The predicted molar refractivity (Wildman–Crippen MR) is 27.1 cm³/mol. The van der Waals surface area contributed by atoms with Crippen molar-refractivity contribution in [3.8, 4) is 0 Å². The van der Waals surface area contributed by atoms with Crippen molar-refractivity contribution >= 4 is 12.1 Å². The summed E-state index contributed by atoms with van der Waals surface area (Å²) in [5, 5.41) is 0. The molecule has 0 fully saturated rings. The molecule has 0 heterocycles. The van der Waals surface area contributed by atoms with Crippen molar-refractivity contribution in [3.05, 3.63) is 0 Å². The van der Waals surface area contributed by atoms with Gasteiger partial charge < -0.3 is 11.0 Å². The molecule has 0 saturated carbocycles. The molecule has 0 unspecified atom stereocenters. The fourth-order valence-electron chi connectivity index (χ4n) is 0.262. The maximum Gasteiger partial charge on any atom is 1.00 e. The minimum absolute atomic E-state index is 0. The van der Waals surface area contributed by atoms with Crippen LogP contribution in [0, 0.1) is 0 Å². The second-order valence-corrected chi connectivity index (χ2v) is 1.41. The van der Waals surface area contributed by atoms with E-state index >= 15 is 0 Å². The minimum Gasteiger partial charge on any atom is -1.00 e. The van der Waals surface area contributed by atoms with Gasteiger partial charge in [-0.3, -0.25) is 0 Å². The number of ketones is 1. The first-order chi connectivity index (χ1) is 3.27. The summed E-state index contributed by atoms with van der Waals surface area (Å²) in [5.74, 6) is 0.0760. The molecule has 0 aromatic carbocycles. The van der Waals surface area contributed by atoms with Gasteiger partial charge >= 0.3 is 29.6 Å². The van der Waals surface area contributed by atoms with Gasteiger partial charge in [-0.15, -0.1) is 0 Å². The van der Waals surface area contributed by atoms with Gasteiger partial charge in [0.15, 0.2) is 0 Å². The monoisotopic (exact) mass is 124 g/mol. The summed E-state index contributed by atoms with van der Waals surface area (Å²) in [6.07, 6.45) is 1.51. The number of hydrogen-bond acceptors (Lipinski definition) is 2. The normalized spacial score (nSPS) is 7.12. The summed E-state index contributed by atoms with van der Waals surface area (Å²) < 4.78 is 0. The Balaban J connectivity index is -0.000000180. The van der Waals surface area contributed by atoms with Crippen molar-refractivity contribution < 1.29 is 40.6 Å². The van der Waals surface area contributed by atoms with E-state index in [-0.39, 0.29) is 36.8 Å². The third-order valence-corrected chi connectivity index (χ3v) is 0.614. The molecule has 0 amide bonds. The summed E-state index contributed by atoms with van der Waals surface area (Å²) in [6, 6.07) is 0. The molecule has 0 saturated heterocycles. The molecule has 8 heavy (non-hydrogen) atoms. The molecule has 0 aliphatic carbocycles. The molecule has 0 aliphatic heterocycles. The Bertz CT molecular complexity index is 85.0. The van der Waals surface area contributed by atoms with Crippen molar-refractivity contribution in [1.82, 2.24) is 0 Å². The molecule has 0 rings (SSSR count). The Labute approximate surface area is 72.4 Å². The molecule has 2 nitrogen and oxygen atoms in total. The Kier molecular flexibility index (Phi) is 10.3. The maximum atomic E-state index is 10.0. The van der Waals surface area contributed by atoms with Crippen molar-refractivity contribution in [2.75, 3.05) is 0 Å². The van der Waals surface area contributed by atoms with Gasteiger partial charge in [-0.2, -0.15) is 0 Å². The second-order valence-electron chi connectivity index (χ2n) is 1.41. The third kappa shape index (κ3) is 9.60. The van der Waals surface area contributed by atoms with Gasteiger partial charge in [-0.05, 0) is 6.92 Å². The minimum atomic E-state index is 0. The smallest absolute Gasteiger partial charge is 1.00 e. The van der Waals surface area contributed by atoms with Gasteiger partial charge in [0.1, 0.15) is 12.1 Å². The average Bonchev–Trinajstić information content (AvgIpc) is 1.61. The summed E-state index contributed by atoms with van der Waals surface area (Å²) >= 11 is 0. The van der Waals surface area contributed by atoms with Crippen molar-refractivity contribution in [2.45, 2.75) is 19.8 Å². The summed E-state index contributed by atoms with van der Waals surface area (Å²) in [6.45, 7) is 1.48. The van der Waals surface area contributed by atoms with E-state index < -0.39 is 0 Å². The third-order valence-electron chi connectivity index (χ3n) is 0.614. The van der Waals surface area contributed by atoms with E-state index in [0.717, 1.165) is 6.29 Å². The van der Waals surface area contributed by atoms with Gasteiger partial charge in [0, 0.05) is 12.8 Å². The van der Waals surface area contributed by atoms with Crippen molar-refractivity contribution in [1.29, 1.82) is 0 Å². The molecule has 42 valence electrons. The Hall–Kier alpha value is 0.340. The predicted octanol–water partition coefficient (Wildman–Crippen LogP) is -2.33. The van der Waals surface area contributed by atoms with Crippen LogP contribution in [-0.4, -0.2) is 12.1 Å². The van der Waals surface area contributed by atoms with Crippen LogP contribution in [0.4, 0.5) is 0 Å². The first-order valence-corrected chi connectivity index (χ1v) is 2.20. The van der Waals surface area contributed by atoms with E-state index in [2.05, 4.69) is 0 Å². The van der Waals surface area contributed by atoms with Gasteiger partial charge in [-0.1, -0.05) is 0 Å². The summed E-state index contributed by atoms with van der Waals surface area (Å²) in [5.41, 5.74) is 0. The number of hydrogen-bond donors (Lipinski definition) is 0. The number of rotatable bonds is 3. The van der Waals surface area contributed by atoms with Crippen molar-refractivity contribution in [2.24, 2.45) is 0 Å². The van der Waals surface area contributed by atoms with Crippen molar-refractivity contribution in [3.63, 3.8) is 0 Å². The zero-order chi connectivity index (χ0) is 5.70. The topological polar surface area (TPSA) is 34.1 Å². The molecule has 0 aromatic rings. The van der Waals surface area contributed by atoms with Crippen LogP contribution >= 0.6 is 0 Å². The molecular weight excluding hydrogens is 115 g/mol. The number of Topliss-reactive ketones (excluding diaryl/α,β-unsaturated/α-hetero) is 1. The van der Waals surface area contributed by atoms with E-state index in [1.165, 1.54) is 6.92 Å². The fourth-order valence-corrected chi connectivity index (χ4v) is 0.262. The van der Waals surface area contributed by atoms with Crippen LogP contribution < -0.4 is 29.6 Å². The van der Waals surface area contributed by atoms with E-state index in [4.69, 9.17) is 0 Å². The number of aldehydes is 1. The van der Waals surface area contributed by atoms with Crippen LogP contribution in [0.25, 0.3) is 0 Å². The van der Waals surface area contributed by atoms with Crippen LogP contribution in [0.1, 0.15) is 21.2 Å². The summed E-state index contributed by atoms with van der Waals surface area (Å²) in [4.78, 5) is 19.6. The average molecular weight is 124 g/mol. The van der Waals surface area contributed by atoms with E-state index in [9.17, 15) is 9.59 Å². The molecule has 0 aliphatic rings. The first-order valence-electron chi connectivity index (χ1n) is 2.20. The van der Waals surface area contributed by atoms with Gasteiger partial charge in [0.25, 0.3) is 0 Å². The van der Waals surface area contributed by atoms with E-state index in [1.807, 2.05) is 0 Å². The fraction of sp³-hybridized carbons (Fsp3) is 0.600. The molecule has 0 N–H and O–H groups in total. The molecule has 3 heteroatoms. The van der Waals surface area contributed by atoms with Gasteiger partial charge in [0.2, 0.25) is 0 Å². The zero-order valence-corrected chi connectivity index (χ0v) is 7.31. The largest absolute Gasteiger partial charge is 1.00 e. The first kappa shape index (κ1) is 11.2. The summed E-state index contributed by atoms with van der Waals surface area (Å²) in [7, 11) is 0. The van der Waals surface area contributed by atoms with Crippen LogP contribution in [0.3, 0.4) is 0 Å². The SMILES string of the molecule is CC(=O)CCC=O.[H-].[Na+]. The van der Waals surface area contributed by atoms with Gasteiger partial charge in [-0.25, -0.2) is 0 Å². The number of carbonyl (C=O) groups is 2. The van der Waals surface area contributed by atoms with Crippen LogP contribution in [0.5, 0.6) is 0 Å². The maximum absolute atomic E-state index is 10.0. The quantitative estimate of drug-likeness (QED) is 0.312. The second kappa shape index (κ2) is 7.34. The molecule has 0 bridgehead atoms. The number of carbonyl (C=O) groups excluding carboxylic acids is 2. The Morgan fingerprint density at radius 2 is 2.25 bits per heavy atom. The van der Waals surface area contributed by atoms with Crippen LogP contribution in [0.15, 0.2) is 0 Å². The zero-order valence-electron chi connectivity index (χ0n) is 6.31. The Morgan fingerprint density at radius 1 is 1.75 bits per heavy atom. The molecule has 0 radical (unpaired) electrons.